The Morgan fingerprint density at radius 3 is 2.46 bits per heavy atom. The molecule has 3 aromatic carbocycles. The Labute approximate surface area is 203 Å². The van der Waals surface area contributed by atoms with E-state index >= 15 is 0 Å². The van der Waals surface area contributed by atoms with Gasteiger partial charge in [-0.05, 0) is 41.8 Å². The van der Waals surface area contributed by atoms with Crippen molar-refractivity contribution in [3.05, 3.63) is 101 Å². The van der Waals surface area contributed by atoms with Gasteiger partial charge in [0, 0.05) is 23.1 Å². The van der Waals surface area contributed by atoms with Gasteiger partial charge in [0.1, 0.15) is 5.58 Å². The van der Waals surface area contributed by atoms with E-state index in [1.807, 2.05) is 55.5 Å². The molecule has 2 amide bonds. The number of hydrogen-bond donors (Lipinski definition) is 3. The SMILES string of the molecule is CCc1ccc2c(CC(=O)NNC(=O)c3cccc(S(=O)(=O)NCc4ccccc4)c3)coc2c1. The van der Waals surface area contributed by atoms with Gasteiger partial charge in [0.2, 0.25) is 15.9 Å². The maximum absolute atomic E-state index is 12.7. The molecule has 0 radical (unpaired) electrons. The minimum absolute atomic E-state index is 0.0105. The van der Waals surface area contributed by atoms with E-state index in [1.54, 1.807) is 0 Å². The van der Waals surface area contributed by atoms with Crippen LogP contribution in [0.15, 0.2) is 88.4 Å². The number of benzene rings is 3. The minimum atomic E-state index is -3.83. The summed E-state index contributed by atoms with van der Waals surface area (Å²) in [6.45, 7) is 2.17. The van der Waals surface area contributed by atoms with E-state index < -0.39 is 21.8 Å². The van der Waals surface area contributed by atoms with Crippen LogP contribution in [0.2, 0.25) is 0 Å². The highest BCUT2D eigenvalue weighted by Crippen LogP contribution is 2.23. The monoisotopic (exact) mass is 491 g/mol. The normalized spacial score (nSPS) is 11.3. The summed E-state index contributed by atoms with van der Waals surface area (Å²) >= 11 is 0. The fourth-order valence-electron chi connectivity index (χ4n) is 3.56. The van der Waals surface area contributed by atoms with Gasteiger partial charge < -0.3 is 4.42 Å². The van der Waals surface area contributed by atoms with Gasteiger partial charge in [-0.15, -0.1) is 0 Å². The average molecular weight is 492 g/mol. The molecule has 1 heterocycles. The highest BCUT2D eigenvalue weighted by Gasteiger charge is 2.17. The lowest BCUT2D eigenvalue weighted by Crippen LogP contribution is -2.42. The van der Waals surface area contributed by atoms with Crippen molar-refractivity contribution in [2.24, 2.45) is 0 Å². The number of hydrogen-bond acceptors (Lipinski definition) is 5. The predicted molar refractivity (Wildman–Crippen MR) is 132 cm³/mol. The predicted octanol–water partition coefficient (Wildman–Crippen LogP) is 3.48. The molecule has 0 spiro atoms. The summed E-state index contributed by atoms with van der Waals surface area (Å²) in [5, 5.41) is 0.838. The second-order valence-electron chi connectivity index (χ2n) is 7.96. The lowest BCUT2D eigenvalue weighted by Gasteiger charge is -2.10. The number of sulfonamides is 1. The van der Waals surface area contributed by atoms with Crippen molar-refractivity contribution in [2.45, 2.75) is 31.2 Å². The summed E-state index contributed by atoms with van der Waals surface area (Å²) in [5.41, 5.74) is 8.13. The van der Waals surface area contributed by atoms with Crippen molar-refractivity contribution in [3.8, 4) is 0 Å². The highest BCUT2D eigenvalue weighted by atomic mass is 32.2. The Morgan fingerprint density at radius 2 is 1.69 bits per heavy atom. The number of rotatable bonds is 8. The first-order chi connectivity index (χ1) is 16.9. The molecule has 35 heavy (non-hydrogen) atoms. The first-order valence-electron chi connectivity index (χ1n) is 11.1. The van der Waals surface area contributed by atoms with Crippen LogP contribution in [0, 0.1) is 0 Å². The van der Waals surface area contributed by atoms with Crippen molar-refractivity contribution in [2.75, 3.05) is 0 Å². The molecule has 8 nitrogen and oxygen atoms in total. The van der Waals surface area contributed by atoms with Gasteiger partial charge in [0.25, 0.3) is 5.91 Å². The first-order valence-corrected chi connectivity index (χ1v) is 12.6. The third kappa shape index (κ3) is 5.95. The summed E-state index contributed by atoms with van der Waals surface area (Å²) in [6.07, 6.45) is 2.42. The molecule has 1 aromatic heterocycles. The fourth-order valence-corrected chi connectivity index (χ4v) is 4.63. The quantitative estimate of drug-likeness (QED) is 0.326. The first kappa shape index (κ1) is 24.2. The van der Waals surface area contributed by atoms with Crippen LogP contribution in [0.3, 0.4) is 0 Å². The summed E-state index contributed by atoms with van der Waals surface area (Å²) in [6, 6.07) is 20.5. The molecule has 0 bridgehead atoms. The second-order valence-corrected chi connectivity index (χ2v) is 9.73. The zero-order valence-corrected chi connectivity index (χ0v) is 19.9. The summed E-state index contributed by atoms with van der Waals surface area (Å²) < 4.78 is 33.4. The third-order valence-corrected chi connectivity index (χ3v) is 6.91. The van der Waals surface area contributed by atoms with Crippen LogP contribution < -0.4 is 15.6 Å². The number of nitrogens with one attached hydrogen (secondary N) is 3. The average Bonchev–Trinajstić information content (AvgIpc) is 3.28. The molecule has 0 atom stereocenters. The van der Waals surface area contributed by atoms with Crippen LogP contribution in [-0.2, 0) is 34.2 Å². The standard InChI is InChI=1S/C26H25N3O5S/c1-2-18-11-12-23-21(17-34-24(23)13-18)15-25(30)28-29-26(31)20-9-6-10-22(14-20)35(32,33)27-16-19-7-4-3-5-8-19/h3-14,17,27H,2,15-16H2,1H3,(H,28,30)(H,29,31). The van der Waals surface area contributed by atoms with Crippen LogP contribution in [0.1, 0.15) is 34.0 Å². The van der Waals surface area contributed by atoms with Gasteiger partial charge in [0.05, 0.1) is 17.6 Å². The Kier molecular flexibility index (Phi) is 7.28. The number of fused-ring (bicyclic) bond motifs is 1. The molecule has 0 fully saturated rings. The highest BCUT2D eigenvalue weighted by molar-refractivity contribution is 7.89. The molecule has 0 unspecified atom stereocenters. The zero-order chi connectivity index (χ0) is 24.8. The van der Waals surface area contributed by atoms with Gasteiger partial charge in [-0.3, -0.25) is 20.4 Å². The lowest BCUT2D eigenvalue weighted by molar-refractivity contribution is -0.121. The number of carbonyl (C=O) groups excluding carboxylic acids is 2. The lowest BCUT2D eigenvalue weighted by atomic mass is 10.1. The molecule has 3 N–H and O–H groups in total. The molecular formula is C26H25N3O5S. The molecule has 0 aliphatic rings. The number of hydrazine groups is 1. The van der Waals surface area contributed by atoms with E-state index in [2.05, 4.69) is 15.6 Å². The summed E-state index contributed by atoms with van der Waals surface area (Å²) in [5.74, 6) is -1.07. The smallest absolute Gasteiger partial charge is 0.269 e. The second kappa shape index (κ2) is 10.5. The van der Waals surface area contributed by atoms with Gasteiger partial charge in [-0.2, -0.15) is 0 Å². The van der Waals surface area contributed by atoms with Crippen LogP contribution >= 0.6 is 0 Å². The maximum atomic E-state index is 12.7. The number of carbonyl (C=O) groups is 2. The topological polar surface area (TPSA) is 118 Å². The van der Waals surface area contributed by atoms with Crippen LogP contribution in [0.4, 0.5) is 0 Å². The summed E-state index contributed by atoms with van der Waals surface area (Å²) in [7, 11) is -3.83. The number of amides is 2. The van der Waals surface area contributed by atoms with E-state index in [0.717, 1.165) is 22.9 Å². The molecule has 0 saturated heterocycles. The largest absolute Gasteiger partial charge is 0.464 e. The van der Waals surface area contributed by atoms with Crippen LogP contribution in [-0.4, -0.2) is 20.2 Å². The Balaban J connectivity index is 1.36. The van der Waals surface area contributed by atoms with Gasteiger partial charge in [0.15, 0.2) is 0 Å². The molecule has 4 aromatic rings. The van der Waals surface area contributed by atoms with Gasteiger partial charge >= 0.3 is 0 Å². The van der Waals surface area contributed by atoms with Crippen molar-refractivity contribution in [1.82, 2.24) is 15.6 Å². The van der Waals surface area contributed by atoms with Gasteiger partial charge in [-0.25, -0.2) is 13.1 Å². The Hall–Kier alpha value is -3.95. The molecular weight excluding hydrogens is 466 g/mol. The van der Waals surface area contributed by atoms with Crippen LogP contribution in [0.5, 0.6) is 0 Å². The molecule has 4 rings (SSSR count). The van der Waals surface area contributed by atoms with E-state index in [0.29, 0.717) is 11.1 Å². The van der Waals surface area contributed by atoms with E-state index in [1.165, 1.54) is 30.5 Å². The van der Waals surface area contributed by atoms with E-state index in [-0.39, 0.29) is 23.4 Å². The molecule has 0 saturated carbocycles. The van der Waals surface area contributed by atoms with Crippen molar-refractivity contribution < 1.29 is 22.4 Å². The molecule has 9 heteroatoms. The molecule has 0 aliphatic carbocycles. The van der Waals surface area contributed by atoms with E-state index in [9.17, 15) is 18.0 Å². The van der Waals surface area contributed by atoms with Crippen molar-refractivity contribution in [3.63, 3.8) is 0 Å². The molecule has 0 aliphatic heterocycles. The molecule has 180 valence electrons. The van der Waals surface area contributed by atoms with Crippen molar-refractivity contribution in [1.29, 1.82) is 0 Å². The summed E-state index contributed by atoms with van der Waals surface area (Å²) in [4.78, 5) is 24.9. The minimum Gasteiger partial charge on any atom is -0.464 e. The van der Waals surface area contributed by atoms with Crippen molar-refractivity contribution >= 4 is 32.8 Å². The van der Waals surface area contributed by atoms with E-state index in [4.69, 9.17) is 4.42 Å². The van der Waals surface area contributed by atoms with Gasteiger partial charge in [-0.1, -0.05) is 55.5 Å². The Morgan fingerprint density at radius 1 is 0.886 bits per heavy atom. The zero-order valence-electron chi connectivity index (χ0n) is 19.1. The van der Waals surface area contributed by atoms with Crippen LogP contribution in [0.25, 0.3) is 11.0 Å². The Bertz CT molecular complexity index is 1460. The fraction of sp³-hybridized carbons (Fsp3) is 0.154. The number of furan rings is 1. The maximum Gasteiger partial charge on any atom is 0.269 e. The number of aryl methyl sites for hydroxylation is 1. The third-order valence-electron chi connectivity index (χ3n) is 5.51.